The molecular formula is C20H17NO3. The van der Waals surface area contributed by atoms with Crippen LogP contribution in [0.1, 0.15) is 24.0 Å². The first-order chi connectivity index (χ1) is 11.7. The van der Waals surface area contributed by atoms with E-state index in [9.17, 15) is 10.1 Å². The summed E-state index contributed by atoms with van der Waals surface area (Å²) >= 11 is 0. The van der Waals surface area contributed by atoms with Crippen LogP contribution in [-0.2, 0) is 4.79 Å². The zero-order chi connectivity index (χ0) is 16.9. The normalized spacial score (nSPS) is 13.9. The summed E-state index contributed by atoms with van der Waals surface area (Å²) in [4.78, 5) is 11.8. The Bertz CT molecular complexity index is 815. The lowest BCUT2D eigenvalue weighted by molar-refractivity contribution is -0.135. The molecule has 0 N–H and O–H groups in total. The van der Waals surface area contributed by atoms with E-state index >= 15 is 0 Å². The Morgan fingerprint density at radius 2 is 1.92 bits per heavy atom. The molecule has 0 aliphatic heterocycles. The molecule has 0 heterocycles. The van der Waals surface area contributed by atoms with Crippen molar-refractivity contribution < 1.29 is 14.3 Å². The number of methoxy groups -OCH3 is 1. The maximum Gasteiger partial charge on any atom is 0.314 e. The van der Waals surface area contributed by atoms with E-state index in [-0.39, 0.29) is 11.9 Å². The molecule has 0 saturated heterocycles. The third-order valence-electron chi connectivity index (χ3n) is 3.83. The summed E-state index contributed by atoms with van der Waals surface area (Å²) in [6.45, 7) is 0. The number of benzene rings is 2. The van der Waals surface area contributed by atoms with E-state index in [2.05, 4.69) is 6.07 Å². The number of hydrogen-bond acceptors (Lipinski definition) is 4. The molecule has 2 aromatic carbocycles. The van der Waals surface area contributed by atoms with E-state index in [1.165, 1.54) is 7.11 Å². The molecule has 0 aromatic heterocycles. The van der Waals surface area contributed by atoms with Gasteiger partial charge in [-0.05, 0) is 42.2 Å². The number of nitriles is 1. The summed E-state index contributed by atoms with van der Waals surface area (Å²) in [5.74, 6) is 0.698. The minimum absolute atomic E-state index is 0.0255. The van der Waals surface area contributed by atoms with Crippen molar-refractivity contribution in [3.05, 3.63) is 59.7 Å². The predicted octanol–water partition coefficient (Wildman–Crippen LogP) is 4.07. The lowest BCUT2D eigenvalue weighted by atomic mass is 10.0. The Balaban J connectivity index is 1.87. The Labute approximate surface area is 140 Å². The molecular weight excluding hydrogens is 302 g/mol. The van der Waals surface area contributed by atoms with Crippen LogP contribution in [0.2, 0.25) is 0 Å². The van der Waals surface area contributed by atoms with Crippen molar-refractivity contribution in [3.63, 3.8) is 0 Å². The van der Waals surface area contributed by atoms with Gasteiger partial charge in [-0.2, -0.15) is 5.26 Å². The van der Waals surface area contributed by atoms with Gasteiger partial charge >= 0.3 is 5.97 Å². The number of rotatable bonds is 5. The number of esters is 1. The molecule has 2 aromatic rings. The average molecular weight is 319 g/mol. The maximum absolute atomic E-state index is 11.8. The molecule has 0 atom stereocenters. The second-order valence-corrected chi connectivity index (χ2v) is 5.64. The fourth-order valence-corrected chi connectivity index (χ4v) is 2.33. The zero-order valence-corrected chi connectivity index (χ0v) is 13.4. The van der Waals surface area contributed by atoms with Gasteiger partial charge in [0.2, 0.25) is 0 Å². The molecule has 0 radical (unpaired) electrons. The smallest absolute Gasteiger partial charge is 0.314 e. The van der Waals surface area contributed by atoms with E-state index in [0.717, 1.165) is 24.0 Å². The first-order valence-corrected chi connectivity index (χ1v) is 7.78. The van der Waals surface area contributed by atoms with Crippen LogP contribution in [0.4, 0.5) is 0 Å². The van der Waals surface area contributed by atoms with Crippen molar-refractivity contribution in [2.75, 3.05) is 7.11 Å². The molecule has 4 nitrogen and oxygen atoms in total. The molecule has 0 spiro atoms. The van der Waals surface area contributed by atoms with Crippen molar-refractivity contribution >= 4 is 17.6 Å². The summed E-state index contributed by atoms with van der Waals surface area (Å²) in [6.07, 6.45) is 3.57. The molecule has 4 heteroatoms. The number of ether oxygens (including phenoxy) is 2. The molecule has 24 heavy (non-hydrogen) atoms. The Hall–Kier alpha value is -3.06. The maximum atomic E-state index is 11.8. The van der Waals surface area contributed by atoms with Crippen LogP contribution in [0.5, 0.6) is 11.5 Å². The molecule has 0 amide bonds. The highest BCUT2D eigenvalue weighted by molar-refractivity contribution is 5.90. The third kappa shape index (κ3) is 3.64. The molecule has 0 unspecified atom stereocenters. The Morgan fingerprint density at radius 1 is 1.17 bits per heavy atom. The largest absolute Gasteiger partial charge is 0.493 e. The first kappa shape index (κ1) is 15.8. The van der Waals surface area contributed by atoms with Gasteiger partial charge in [0.15, 0.2) is 11.5 Å². The van der Waals surface area contributed by atoms with Gasteiger partial charge in [-0.15, -0.1) is 0 Å². The SMILES string of the molecule is COc1cc(/C=C(/C#N)c2ccccc2)ccc1OC(=O)C1CC1. The van der Waals surface area contributed by atoms with E-state index in [1.54, 1.807) is 24.3 Å². The summed E-state index contributed by atoms with van der Waals surface area (Å²) in [6, 6.07) is 16.9. The topological polar surface area (TPSA) is 59.3 Å². The standard InChI is InChI=1S/C20H17NO3/c1-23-19-12-14(7-10-18(19)24-20(22)16-8-9-16)11-17(13-21)15-5-3-2-4-6-15/h2-7,10-12,16H,8-9H2,1H3/b17-11-. The molecule has 120 valence electrons. The van der Waals surface area contributed by atoms with Gasteiger partial charge in [0.05, 0.1) is 24.7 Å². The quantitative estimate of drug-likeness (QED) is 0.361. The van der Waals surface area contributed by atoms with Gasteiger partial charge in [0.1, 0.15) is 0 Å². The fraction of sp³-hybridized carbons (Fsp3) is 0.200. The van der Waals surface area contributed by atoms with E-state index in [1.807, 2.05) is 30.3 Å². The summed E-state index contributed by atoms with van der Waals surface area (Å²) in [5.41, 5.74) is 2.21. The Morgan fingerprint density at radius 3 is 2.54 bits per heavy atom. The molecule has 1 fully saturated rings. The average Bonchev–Trinajstić information content (AvgIpc) is 3.46. The summed E-state index contributed by atoms with van der Waals surface area (Å²) in [5, 5.41) is 9.39. The summed E-state index contributed by atoms with van der Waals surface area (Å²) < 4.78 is 10.7. The lowest BCUT2D eigenvalue weighted by Gasteiger charge is -2.10. The minimum atomic E-state index is -0.210. The van der Waals surface area contributed by atoms with Gasteiger partial charge in [-0.1, -0.05) is 36.4 Å². The van der Waals surface area contributed by atoms with E-state index < -0.39 is 0 Å². The van der Waals surface area contributed by atoms with Crippen LogP contribution in [-0.4, -0.2) is 13.1 Å². The van der Waals surface area contributed by atoms with Crippen LogP contribution >= 0.6 is 0 Å². The highest BCUT2D eigenvalue weighted by atomic mass is 16.6. The van der Waals surface area contributed by atoms with Crippen molar-refractivity contribution in [2.24, 2.45) is 5.92 Å². The van der Waals surface area contributed by atoms with Crippen LogP contribution in [0.3, 0.4) is 0 Å². The summed E-state index contributed by atoms with van der Waals surface area (Å²) in [7, 11) is 1.53. The molecule has 1 aliphatic rings. The second-order valence-electron chi connectivity index (χ2n) is 5.64. The lowest BCUT2D eigenvalue weighted by Crippen LogP contribution is -2.10. The fourth-order valence-electron chi connectivity index (χ4n) is 2.33. The predicted molar refractivity (Wildman–Crippen MR) is 91.3 cm³/mol. The highest BCUT2D eigenvalue weighted by Crippen LogP contribution is 2.34. The third-order valence-corrected chi connectivity index (χ3v) is 3.83. The molecule has 1 saturated carbocycles. The van der Waals surface area contributed by atoms with Crippen LogP contribution in [0.25, 0.3) is 11.6 Å². The molecule has 0 bridgehead atoms. The highest BCUT2D eigenvalue weighted by Gasteiger charge is 2.32. The van der Waals surface area contributed by atoms with Crippen molar-refractivity contribution in [1.82, 2.24) is 0 Å². The van der Waals surface area contributed by atoms with Crippen LogP contribution in [0, 0.1) is 17.2 Å². The molecule has 3 rings (SSSR count). The van der Waals surface area contributed by atoms with Crippen LogP contribution in [0.15, 0.2) is 48.5 Å². The first-order valence-electron chi connectivity index (χ1n) is 7.78. The molecule has 1 aliphatic carbocycles. The van der Waals surface area contributed by atoms with Gasteiger partial charge in [0.25, 0.3) is 0 Å². The van der Waals surface area contributed by atoms with E-state index in [0.29, 0.717) is 17.1 Å². The second kappa shape index (κ2) is 7.01. The van der Waals surface area contributed by atoms with Crippen molar-refractivity contribution in [3.8, 4) is 17.6 Å². The number of carbonyl (C=O) groups excluding carboxylic acids is 1. The number of allylic oxidation sites excluding steroid dienone is 1. The zero-order valence-electron chi connectivity index (χ0n) is 13.4. The van der Waals surface area contributed by atoms with E-state index in [4.69, 9.17) is 9.47 Å². The van der Waals surface area contributed by atoms with Gasteiger partial charge in [-0.3, -0.25) is 4.79 Å². The van der Waals surface area contributed by atoms with Gasteiger partial charge < -0.3 is 9.47 Å². The van der Waals surface area contributed by atoms with Gasteiger partial charge in [-0.25, -0.2) is 0 Å². The Kier molecular flexibility index (Phi) is 4.62. The monoisotopic (exact) mass is 319 g/mol. The van der Waals surface area contributed by atoms with Crippen molar-refractivity contribution in [1.29, 1.82) is 5.26 Å². The van der Waals surface area contributed by atoms with Gasteiger partial charge in [0, 0.05) is 0 Å². The van der Waals surface area contributed by atoms with Crippen LogP contribution < -0.4 is 9.47 Å². The number of nitrogens with zero attached hydrogens (tertiary/aromatic N) is 1. The number of hydrogen-bond donors (Lipinski definition) is 0. The number of carbonyl (C=O) groups is 1. The minimum Gasteiger partial charge on any atom is -0.493 e. The van der Waals surface area contributed by atoms with Crippen molar-refractivity contribution in [2.45, 2.75) is 12.8 Å².